The van der Waals surface area contributed by atoms with Crippen molar-refractivity contribution in [1.29, 1.82) is 0 Å². The summed E-state index contributed by atoms with van der Waals surface area (Å²) in [5.74, 6) is 0.537. The van der Waals surface area contributed by atoms with Crippen LogP contribution in [0.15, 0.2) is 83.8 Å². The van der Waals surface area contributed by atoms with Crippen molar-refractivity contribution >= 4 is 42.4 Å². The molecule has 1 aliphatic rings. The van der Waals surface area contributed by atoms with Crippen molar-refractivity contribution in [3.63, 3.8) is 0 Å². The molecule has 0 saturated carbocycles. The Balaban J connectivity index is 0.00000210. The lowest BCUT2D eigenvalue weighted by atomic mass is 9.91. The first-order valence-electron chi connectivity index (χ1n) is 12.4. The highest BCUT2D eigenvalue weighted by atomic mass is 35.5. The standard InChI is InChI=1S/C29H30N6O2.2ClH/c1-19-22(12-15-26(30)34-19)16-33-28(36)25-14-13-23-17-31-27(29(37)35(23)25)32-18-24(20-8-4-2-5-9-20)21-10-6-3-7-11-21;;/h2-12,15,17,24-25H,13-14,16,18H2,1H3,(H2,30,34)(H,31,32)(H,33,36);2*1H. The smallest absolute Gasteiger partial charge is 0.294 e. The lowest BCUT2D eigenvalue weighted by Gasteiger charge is -2.20. The predicted molar refractivity (Wildman–Crippen MR) is 159 cm³/mol. The van der Waals surface area contributed by atoms with Gasteiger partial charge in [-0.3, -0.25) is 14.2 Å². The van der Waals surface area contributed by atoms with Crippen LogP contribution in [0.4, 0.5) is 11.6 Å². The topological polar surface area (TPSA) is 115 Å². The van der Waals surface area contributed by atoms with Gasteiger partial charge < -0.3 is 16.4 Å². The normalized spacial score (nSPS) is 13.6. The van der Waals surface area contributed by atoms with Gasteiger partial charge in [-0.15, -0.1) is 24.8 Å². The van der Waals surface area contributed by atoms with Crippen molar-refractivity contribution in [2.45, 2.75) is 38.3 Å². The molecule has 0 aliphatic carbocycles. The minimum absolute atomic E-state index is 0. The van der Waals surface area contributed by atoms with Crippen LogP contribution in [0.1, 0.15) is 46.5 Å². The summed E-state index contributed by atoms with van der Waals surface area (Å²) < 4.78 is 1.58. The molecule has 0 fully saturated rings. The number of halogens is 2. The summed E-state index contributed by atoms with van der Waals surface area (Å²) in [6.45, 7) is 2.68. The first-order valence-corrected chi connectivity index (χ1v) is 12.4. The Kier molecular flexibility index (Phi) is 10.1. The number of aromatic nitrogens is 3. The van der Waals surface area contributed by atoms with Crippen LogP contribution in [0.3, 0.4) is 0 Å². The highest BCUT2D eigenvalue weighted by Crippen LogP contribution is 2.26. The van der Waals surface area contributed by atoms with E-state index in [0.717, 1.165) is 28.1 Å². The molecule has 204 valence electrons. The van der Waals surface area contributed by atoms with Gasteiger partial charge >= 0.3 is 0 Å². The van der Waals surface area contributed by atoms with Crippen molar-refractivity contribution < 1.29 is 4.79 Å². The number of fused-ring (bicyclic) bond motifs is 1. The van der Waals surface area contributed by atoms with E-state index in [1.165, 1.54) is 0 Å². The lowest BCUT2D eigenvalue weighted by Crippen LogP contribution is -2.36. The number of carbonyl (C=O) groups excluding carboxylic acids is 1. The van der Waals surface area contributed by atoms with E-state index in [9.17, 15) is 9.59 Å². The second-order valence-electron chi connectivity index (χ2n) is 9.28. The van der Waals surface area contributed by atoms with Crippen LogP contribution in [0, 0.1) is 6.92 Å². The number of hydrogen-bond acceptors (Lipinski definition) is 6. The van der Waals surface area contributed by atoms with E-state index in [4.69, 9.17) is 5.73 Å². The van der Waals surface area contributed by atoms with Gasteiger partial charge in [-0.25, -0.2) is 9.97 Å². The van der Waals surface area contributed by atoms with Crippen molar-refractivity contribution in [1.82, 2.24) is 19.9 Å². The average Bonchev–Trinajstić information content (AvgIpc) is 3.36. The Labute approximate surface area is 239 Å². The van der Waals surface area contributed by atoms with Gasteiger partial charge in [-0.1, -0.05) is 66.7 Å². The van der Waals surface area contributed by atoms with Crippen molar-refractivity contribution in [3.8, 4) is 0 Å². The summed E-state index contributed by atoms with van der Waals surface area (Å²) in [6.07, 6.45) is 2.88. The number of anilines is 2. The Hall–Kier alpha value is -3.88. The second-order valence-corrected chi connectivity index (χ2v) is 9.28. The molecule has 10 heteroatoms. The summed E-state index contributed by atoms with van der Waals surface area (Å²) in [4.78, 5) is 35.2. The van der Waals surface area contributed by atoms with Crippen LogP contribution >= 0.6 is 24.8 Å². The summed E-state index contributed by atoms with van der Waals surface area (Å²) in [5.41, 5.74) is 10.2. The summed E-state index contributed by atoms with van der Waals surface area (Å²) in [7, 11) is 0. The quantitative estimate of drug-likeness (QED) is 0.291. The molecule has 1 amide bonds. The molecule has 0 saturated heterocycles. The number of amides is 1. The Morgan fingerprint density at radius 3 is 2.28 bits per heavy atom. The first-order chi connectivity index (χ1) is 18.0. The van der Waals surface area contributed by atoms with Gasteiger partial charge in [0.2, 0.25) is 5.91 Å². The Morgan fingerprint density at radius 1 is 1.03 bits per heavy atom. The molecule has 4 aromatic rings. The van der Waals surface area contributed by atoms with E-state index in [1.54, 1.807) is 16.8 Å². The molecule has 39 heavy (non-hydrogen) atoms. The maximum absolute atomic E-state index is 13.5. The molecule has 1 aliphatic heterocycles. The molecule has 2 aromatic carbocycles. The number of nitrogens with two attached hydrogens (primary N) is 1. The summed E-state index contributed by atoms with van der Waals surface area (Å²) in [6, 6.07) is 23.4. The van der Waals surface area contributed by atoms with Gasteiger partial charge in [0.05, 0.1) is 0 Å². The van der Waals surface area contributed by atoms with Gasteiger partial charge in [-0.2, -0.15) is 0 Å². The van der Waals surface area contributed by atoms with Crippen LogP contribution < -0.4 is 21.9 Å². The molecular weight excluding hydrogens is 535 g/mol. The Morgan fingerprint density at radius 2 is 1.67 bits per heavy atom. The number of rotatable bonds is 8. The molecule has 3 heterocycles. The van der Waals surface area contributed by atoms with Gasteiger partial charge in [0.1, 0.15) is 11.9 Å². The number of benzene rings is 2. The molecule has 4 N–H and O–H groups in total. The zero-order chi connectivity index (χ0) is 25.8. The zero-order valence-corrected chi connectivity index (χ0v) is 23.2. The molecule has 0 spiro atoms. The Bertz CT molecular complexity index is 1420. The van der Waals surface area contributed by atoms with Crippen LogP contribution in [-0.2, 0) is 17.8 Å². The molecule has 0 bridgehead atoms. The van der Waals surface area contributed by atoms with Gasteiger partial charge in [0.15, 0.2) is 5.82 Å². The fourth-order valence-corrected chi connectivity index (χ4v) is 4.90. The van der Waals surface area contributed by atoms with E-state index in [0.29, 0.717) is 31.7 Å². The van der Waals surface area contributed by atoms with E-state index in [-0.39, 0.29) is 48.0 Å². The molecule has 1 unspecified atom stereocenters. The number of nitrogen functional groups attached to an aromatic ring is 1. The van der Waals surface area contributed by atoms with E-state index < -0.39 is 6.04 Å². The molecule has 0 radical (unpaired) electrons. The molecule has 8 nitrogen and oxygen atoms in total. The largest absolute Gasteiger partial charge is 0.384 e. The number of pyridine rings is 1. The number of nitrogens with one attached hydrogen (secondary N) is 2. The summed E-state index contributed by atoms with van der Waals surface area (Å²) >= 11 is 0. The fraction of sp³-hybridized carbons (Fsp3) is 0.241. The summed E-state index contributed by atoms with van der Waals surface area (Å²) in [5, 5.41) is 6.24. The van der Waals surface area contributed by atoms with Crippen molar-refractivity contribution in [2.75, 3.05) is 17.6 Å². The van der Waals surface area contributed by atoms with Crippen molar-refractivity contribution in [3.05, 3.63) is 117 Å². The maximum Gasteiger partial charge on any atom is 0.294 e. The third-order valence-corrected chi connectivity index (χ3v) is 6.91. The van der Waals surface area contributed by atoms with Gasteiger partial charge in [0.25, 0.3) is 5.56 Å². The van der Waals surface area contributed by atoms with Crippen LogP contribution in [0.2, 0.25) is 0 Å². The predicted octanol–water partition coefficient (Wildman–Crippen LogP) is 4.42. The highest BCUT2D eigenvalue weighted by molar-refractivity contribution is 5.85. The minimum Gasteiger partial charge on any atom is -0.384 e. The highest BCUT2D eigenvalue weighted by Gasteiger charge is 2.30. The third kappa shape index (κ3) is 6.58. The fourth-order valence-electron chi connectivity index (χ4n) is 4.90. The number of carbonyl (C=O) groups is 1. The zero-order valence-electron chi connectivity index (χ0n) is 21.5. The van der Waals surface area contributed by atoms with E-state index >= 15 is 0 Å². The second kappa shape index (κ2) is 13.3. The molecular formula is C29H32Cl2N6O2. The molecule has 2 aromatic heterocycles. The van der Waals surface area contributed by atoms with Crippen LogP contribution in [-0.4, -0.2) is 27.0 Å². The van der Waals surface area contributed by atoms with Gasteiger partial charge in [0, 0.05) is 36.6 Å². The SMILES string of the molecule is Cc1nc(N)ccc1CNC(=O)C1CCc2cnc(NCC(c3ccccc3)c3ccccc3)c(=O)n21.Cl.Cl. The van der Waals surface area contributed by atoms with Crippen LogP contribution in [0.25, 0.3) is 0 Å². The lowest BCUT2D eigenvalue weighted by molar-refractivity contribution is -0.124. The van der Waals surface area contributed by atoms with Crippen LogP contribution in [0.5, 0.6) is 0 Å². The molecule has 1 atom stereocenters. The van der Waals surface area contributed by atoms with E-state index in [2.05, 4.69) is 44.9 Å². The first kappa shape index (κ1) is 29.7. The number of hydrogen-bond donors (Lipinski definition) is 3. The monoisotopic (exact) mass is 566 g/mol. The van der Waals surface area contributed by atoms with E-state index in [1.807, 2.05) is 49.4 Å². The van der Waals surface area contributed by atoms with Crippen molar-refractivity contribution in [2.24, 2.45) is 0 Å². The minimum atomic E-state index is -0.577. The van der Waals surface area contributed by atoms with Gasteiger partial charge in [-0.05, 0) is 42.5 Å². The third-order valence-electron chi connectivity index (χ3n) is 6.91. The molecule has 5 rings (SSSR count). The number of nitrogens with zero attached hydrogens (tertiary/aromatic N) is 3. The maximum atomic E-state index is 13.5. The number of aryl methyl sites for hydroxylation is 2. The average molecular weight is 568 g/mol.